The lowest BCUT2D eigenvalue weighted by atomic mass is 10.0. The van der Waals surface area contributed by atoms with E-state index < -0.39 is 0 Å². The van der Waals surface area contributed by atoms with Gasteiger partial charge in [-0.2, -0.15) is 0 Å². The van der Waals surface area contributed by atoms with Crippen molar-refractivity contribution in [3.05, 3.63) is 78.4 Å². The number of rotatable bonds is 1. The van der Waals surface area contributed by atoms with Crippen LogP contribution >= 0.6 is 0 Å². The van der Waals surface area contributed by atoms with Crippen LogP contribution in [0.2, 0.25) is 0 Å². The van der Waals surface area contributed by atoms with E-state index in [-0.39, 0.29) is 0 Å². The molecule has 0 amide bonds. The molecule has 0 unspecified atom stereocenters. The molecule has 2 heteroatoms. The molecule has 0 aliphatic heterocycles. The molecule has 3 aromatic carbocycles. The highest BCUT2D eigenvalue weighted by Crippen LogP contribution is 2.38. The van der Waals surface area contributed by atoms with E-state index in [0.717, 1.165) is 44.1 Å². The van der Waals surface area contributed by atoms with Crippen LogP contribution in [0.5, 0.6) is 0 Å². The second kappa shape index (κ2) is 4.93. The first-order valence-corrected chi connectivity index (χ1v) is 8.08. The molecule has 0 atom stereocenters. The average Bonchev–Trinajstić information content (AvgIpc) is 3.01. The van der Waals surface area contributed by atoms with E-state index >= 15 is 0 Å². The number of hydrogen-bond donors (Lipinski definition) is 0. The Bertz CT molecular complexity index is 1220. The molecule has 2 aromatic heterocycles. The summed E-state index contributed by atoms with van der Waals surface area (Å²) in [6.07, 6.45) is 0. The number of hydrogen-bond acceptors (Lipinski definition) is 2. The Labute approximate surface area is 139 Å². The molecule has 0 saturated carbocycles. The third-order valence-electron chi connectivity index (χ3n) is 4.51. The van der Waals surface area contributed by atoms with Crippen LogP contribution in [0.15, 0.2) is 77.2 Å². The Morgan fingerprint density at radius 1 is 0.792 bits per heavy atom. The molecule has 0 fully saturated rings. The molecular weight excluding hydrogens is 294 g/mol. The van der Waals surface area contributed by atoms with Gasteiger partial charge < -0.3 is 4.42 Å². The van der Waals surface area contributed by atoms with E-state index in [1.165, 1.54) is 5.56 Å². The standard InChI is InChI=1S/C22H15NO/c1-14-7-6-8-15(13-14)21-22-20(16-9-2-4-11-18(16)23-21)17-10-3-5-12-19(17)24-22/h2-13H,1H3. The molecule has 5 rings (SSSR count). The quantitative estimate of drug-likeness (QED) is 0.373. The van der Waals surface area contributed by atoms with Crippen molar-refractivity contribution in [2.45, 2.75) is 6.92 Å². The molecule has 0 bridgehead atoms. The summed E-state index contributed by atoms with van der Waals surface area (Å²) >= 11 is 0. The van der Waals surface area contributed by atoms with Gasteiger partial charge in [0.05, 0.1) is 5.52 Å². The van der Waals surface area contributed by atoms with Gasteiger partial charge in [-0.15, -0.1) is 0 Å². The minimum absolute atomic E-state index is 0.862. The van der Waals surface area contributed by atoms with Gasteiger partial charge in [0, 0.05) is 21.7 Å². The molecule has 0 N–H and O–H groups in total. The fraction of sp³-hybridized carbons (Fsp3) is 0.0455. The van der Waals surface area contributed by atoms with Gasteiger partial charge in [0.15, 0.2) is 5.58 Å². The Hall–Kier alpha value is -3.13. The zero-order valence-electron chi connectivity index (χ0n) is 13.3. The summed E-state index contributed by atoms with van der Waals surface area (Å²) in [5.74, 6) is 0. The molecule has 2 nitrogen and oxygen atoms in total. The molecule has 2 heterocycles. The van der Waals surface area contributed by atoms with E-state index in [0.29, 0.717) is 0 Å². The molecule has 24 heavy (non-hydrogen) atoms. The van der Waals surface area contributed by atoms with Crippen molar-refractivity contribution in [1.82, 2.24) is 4.98 Å². The summed E-state index contributed by atoms with van der Waals surface area (Å²) in [5, 5.41) is 3.42. The third kappa shape index (κ3) is 1.86. The van der Waals surface area contributed by atoms with Gasteiger partial charge in [0.1, 0.15) is 11.3 Å². The Balaban J connectivity index is 2.03. The number of benzene rings is 3. The summed E-state index contributed by atoms with van der Waals surface area (Å²) in [6, 6.07) is 24.9. The van der Waals surface area contributed by atoms with E-state index in [4.69, 9.17) is 9.40 Å². The highest BCUT2D eigenvalue weighted by Gasteiger charge is 2.17. The van der Waals surface area contributed by atoms with Crippen LogP contribution in [-0.2, 0) is 0 Å². The molecule has 0 spiro atoms. The molecule has 0 saturated heterocycles. The summed E-state index contributed by atoms with van der Waals surface area (Å²) in [6.45, 7) is 2.10. The zero-order chi connectivity index (χ0) is 16.1. The average molecular weight is 309 g/mol. The van der Waals surface area contributed by atoms with Crippen molar-refractivity contribution in [2.24, 2.45) is 0 Å². The predicted molar refractivity (Wildman–Crippen MR) is 99.2 cm³/mol. The number of pyridine rings is 1. The van der Waals surface area contributed by atoms with Crippen LogP contribution in [0.1, 0.15) is 5.56 Å². The molecule has 0 radical (unpaired) electrons. The lowest BCUT2D eigenvalue weighted by molar-refractivity contribution is 0.669. The molecular formula is C22H15NO. The van der Waals surface area contributed by atoms with Crippen LogP contribution in [0, 0.1) is 6.92 Å². The topological polar surface area (TPSA) is 26.0 Å². The van der Waals surface area contributed by atoms with Gasteiger partial charge in [0.25, 0.3) is 0 Å². The number of para-hydroxylation sites is 2. The van der Waals surface area contributed by atoms with Crippen molar-refractivity contribution in [3.63, 3.8) is 0 Å². The first-order chi connectivity index (χ1) is 11.8. The summed E-state index contributed by atoms with van der Waals surface area (Å²) in [5.41, 5.74) is 5.97. The number of furan rings is 1. The predicted octanol–water partition coefficient (Wildman–Crippen LogP) is 6.11. The lowest BCUT2D eigenvalue weighted by Crippen LogP contribution is -1.88. The minimum atomic E-state index is 0.862. The fourth-order valence-electron chi connectivity index (χ4n) is 3.42. The van der Waals surface area contributed by atoms with Crippen LogP contribution in [-0.4, -0.2) is 4.98 Å². The maximum atomic E-state index is 6.22. The number of aromatic nitrogens is 1. The highest BCUT2D eigenvalue weighted by atomic mass is 16.3. The minimum Gasteiger partial charge on any atom is -0.454 e. The second-order valence-electron chi connectivity index (χ2n) is 6.15. The highest BCUT2D eigenvalue weighted by molar-refractivity contribution is 6.20. The Morgan fingerprint density at radius 2 is 1.58 bits per heavy atom. The van der Waals surface area contributed by atoms with Crippen LogP contribution in [0.4, 0.5) is 0 Å². The monoisotopic (exact) mass is 309 g/mol. The van der Waals surface area contributed by atoms with Gasteiger partial charge in [-0.25, -0.2) is 4.98 Å². The van der Waals surface area contributed by atoms with E-state index in [9.17, 15) is 0 Å². The van der Waals surface area contributed by atoms with Gasteiger partial charge in [0.2, 0.25) is 0 Å². The maximum Gasteiger partial charge on any atom is 0.162 e. The number of aryl methyl sites for hydroxylation is 1. The zero-order valence-corrected chi connectivity index (χ0v) is 13.3. The van der Waals surface area contributed by atoms with Gasteiger partial charge in [-0.1, -0.05) is 60.2 Å². The van der Waals surface area contributed by atoms with Crippen molar-refractivity contribution < 1.29 is 4.42 Å². The van der Waals surface area contributed by atoms with Gasteiger partial charge in [-0.05, 0) is 25.1 Å². The largest absolute Gasteiger partial charge is 0.454 e. The van der Waals surface area contributed by atoms with Crippen molar-refractivity contribution >= 4 is 32.8 Å². The second-order valence-corrected chi connectivity index (χ2v) is 6.15. The SMILES string of the molecule is Cc1cccc(-c2nc3ccccc3c3c2oc2ccccc23)c1. The molecule has 0 aliphatic rings. The fourth-order valence-corrected chi connectivity index (χ4v) is 3.42. The summed E-state index contributed by atoms with van der Waals surface area (Å²) < 4.78 is 6.22. The van der Waals surface area contributed by atoms with Gasteiger partial charge in [-0.3, -0.25) is 0 Å². The number of nitrogens with zero attached hydrogens (tertiary/aromatic N) is 1. The van der Waals surface area contributed by atoms with Gasteiger partial charge >= 0.3 is 0 Å². The smallest absolute Gasteiger partial charge is 0.162 e. The third-order valence-corrected chi connectivity index (χ3v) is 4.51. The van der Waals surface area contributed by atoms with E-state index in [2.05, 4.69) is 61.5 Å². The molecule has 0 aliphatic carbocycles. The van der Waals surface area contributed by atoms with Crippen molar-refractivity contribution in [1.29, 1.82) is 0 Å². The van der Waals surface area contributed by atoms with Crippen LogP contribution < -0.4 is 0 Å². The molecule has 5 aromatic rings. The Kier molecular flexibility index (Phi) is 2.74. The van der Waals surface area contributed by atoms with E-state index in [1.807, 2.05) is 18.2 Å². The van der Waals surface area contributed by atoms with E-state index in [1.54, 1.807) is 0 Å². The van der Waals surface area contributed by atoms with Crippen LogP contribution in [0.25, 0.3) is 44.1 Å². The van der Waals surface area contributed by atoms with Crippen LogP contribution in [0.3, 0.4) is 0 Å². The first kappa shape index (κ1) is 13.3. The first-order valence-electron chi connectivity index (χ1n) is 8.08. The number of fused-ring (bicyclic) bond motifs is 5. The lowest BCUT2D eigenvalue weighted by Gasteiger charge is -2.06. The summed E-state index contributed by atoms with van der Waals surface area (Å²) in [7, 11) is 0. The summed E-state index contributed by atoms with van der Waals surface area (Å²) in [4.78, 5) is 4.92. The Morgan fingerprint density at radius 3 is 2.46 bits per heavy atom. The van der Waals surface area contributed by atoms with Crippen molar-refractivity contribution in [2.75, 3.05) is 0 Å². The van der Waals surface area contributed by atoms with Crippen molar-refractivity contribution in [3.8, 4) is 11.3 Å². The normalized spacial score (nSPS) is 11.5. The maximum absolute atomic E-state index is 6.22. The molecule has 114 valence electrons.